The van der Waals surface area contributed by atoms with Crippen LogP contribution in [0.25, 0.3) is 21.6 Å². The predicted molar refractivity (Wildman–Crippen MR) is 142 cm³/mol. The molecule has 0 saturated carbocycles. The Labute approximate surface area is 267 Å². The zero-order valence-electron chi connectivity index (χ0n) is 21.9. The van der Waals surface area contributed by atoms with Gasteiger partial charge in [0.1, 0.15) is 6.61 Å². The summed E-state index contributed by atoms with van der Waals surface area (Å²) in [5.74, 6) is -0.0343. The number of fused-ring (bicyclic) bond motifs is 3. The maximum atomic E-state index is 13.2. The minimum atomic E-state index is -5.05. The van der Waals surface area contributed by atoms with Crippen molar-refractivity contribution in [3.63, 3.8) is 0 Å². The molecular weight excluding hydrogens is 533 g/mol. The van der Waals surface area contributed by atoms with E-state index in [1.54, 1.807) is 11.0 Å². The maximum absolute atomic E-state index is 13.2. The summed E-state index contributed by atoms with van der Waals surface area (Å²) in [7, 11) is 0. The molecule has 1 amide bonds. The van der Waals surface area contributed by atoms with Gasteiger partial charge in [-0.2, -0.15) is 0 Å². The first-order valence-electron chi connectivity index (χ1n) is 12.5. The molecule has 0 N–H and O–H groups in total. The molecule has 0 spiro atoms. The number of anilines is 1. The van der Waals surface area contributed by atoms with E-state index in [0.717, 1.165) is 22.3 Å². The van der Waals surface area contributed by atoms with Crippen molar-refractivity contribution in [2.75, 3.05) is 37.7 Å². The van der Waals surface area contributed by atoms with Gasteiger partial charge >= 0.3 is 64.5 Å². The van der Waals surface area contributed by atoms with Gasteiger partial charge in [-0.25, -0.2) is 4.79 Å². The fraction of sp³-hybridized carbons (Fsp3) is 0.296. The smallest absolute Gasteiger partial charge is 0.449 e. The van der Waals surface area contributed by atoms with E-state index in [9.17, 15) is 17.7 Å². The summed E-state index contributed by atoms with van der Waals surface area (Å²) in [5.41, 5.74) is 14.6. The van der Waals surface area contributed by atoms with E-state index in [0.29, 0.717) is 37.4 Å². The normalized spacial score (nSPS) is 14.7. The number of nitrogens with zero attached hydrogens (tertiary/aromatic N) is 5. The van der Waals surface area contributed by atoms with Crippen LogP contribution in [0, 0.1) is 6.92 Å². The summed E-state index contributed by atoms with van der Waals surface area (Å²) in [4.78, 5) is 19.2. The zero-order chi connectivity index (χ0) is 26.9. The van der Waals surface area contributed by atoms with Crippen LogP contribution in [0.1, 0.15) is 28.2 Å². The molecule has 3 aromatic rings. The molecule has 0 atom stereocenters. The molecule has 7 nitrogen and oxygen atoms in total. The molecule has 1 heterocycles. The Hall–Kier alpha value is -2.47. The van der Waals surface area contributed by atoms with Crippen molar-refractivity contribution in [3.05, 3.63) is 93.4 Å². The number of piperazine rings is 1. The molecule has 12 heteroatoms. The van der Waals surface area contributed by atoms with Crippen LogP contribution in [0.15, 0.2) is 65.8 Å². The summed E-state index contributed by atoms with van der Waals surface area (Å²) >= 11 is 0. The topological polar surface area (TPSA) is 81.5 Å². The first-order valence-corrected chi connectivity index (χ1v) is 12.5. The Morgan fingerprint density at radius 2 is 1.62 bits per heavy atom. The quantitative estimate of drug-likeness (QED) is 0.199. The van der Waals surface area contributed by atoms with Crippen molar-refractivity contribution >= 4 is 24.4 Å². The number of ether oxygens (including phenoxy) is 1. The number of rotatable bonds is 6. The van der Waals surface area contributed by atoms with Gasteiger partial charge in [0.15, 0.2) is 0 Å². The van der Waals surface area contributed by atoms with Gasteiger partial charge in [0, 0.05) is 48.4 Å². The fourth-order valence-electron chi connectivity index (χ4n) is 5.37. The third kappa shape index (κ3) is 6.48. The number of hydrogen-bond acceptors (Lipinski definition) is 4. The largest absolute Gasteiger partial charge is 1.00 e. The van der Waals surface area contributed by atoms with Crippen LogP contribution in [-0.2, 0) is 11.1 Å². The third-order valence-corrected chi connectivity index (χ3v) is 7.32. The van der Waals surface area contributed by atoms with Gasteiger partial charge in [-0.3, -0.25) is 0 Å². The van der Waals surface area contributed by atoms with Crippen molar-refractivity contribution in [3.8, 4) is 11.1 Å². The second-order valence-corrected chi connectivity index (χ2v) is 9.63. The predicted octanol–water partition coefficient (Wildman–Crippen LogP) is 3.94. The van der Waals surface area contributed by atoms with Crippen LogP contribution in [-0.4, -0.2) is 50.8 Å². The number of amides is 1. The third-order valence-electron chi connectivity index (χ3n) is 7.32. The van der Waals surface area contributed by atoms with E-state index in [1.807, 2.05) is 29.2 Å². The number of halogens is 3. The Morgan fingerprint density at radius 3 is 2.18 bits per heavy atom. The van der Waals surface area contributed by atoms with E-state index in [2.05, 4.69) is 34.3 Å². The number of carbonyl (C=O) groups excluding carboxylic acids is 1. The monoisotopic (exact) mass is 559 g/mol. The van der Waals surface area contributed by atoms with E-state index < -0.39 is 19.4 Å². The zero-order valence-corrected chi connectivity index (χ0v) is 25.0. The molecule has 39 heavy (non-hydrogen) atoms. The molecule has 0 unspecified atom stereocenters. The molecule has 2 aliphatic rings. The molecule has 196 valence electrons. The van der Waals surface area contributed by atoms with Gasteiger partial charge in [0.05, 0.1) is 0 Å². The van der Waals surface area contributed by atoms with Crippen LogP contribution in [0.4, 0.5) is 29.1 Å². The summed E-state index contributed by atoms with van der Waals surface area (Å²) in [5, 5.41) is 3.60. The van der Waals surface area contributed by atoms with Gasteiger partial charge in [0.2, 0.25) is 0 Å². The Morgan fingerprint density at radius 1 is 1.03 bits per heavy atom. The van der Waals surface area contributed by atoms with Crippen LogP contribution in [0.2, 0.25) is 0 Å². The second-order valence-electron chi connectivity index (χ2n) is 9.63. The molecule has 1 aliphatic heterocycles. The van der Waals surface area contributed by atoms with Crippen LogP contribution in [0.5, 0.6) is 0 Å². The van der Waals surface area contributed by atoms with Crippen molar-refractivity contribution in [1.29, 1.82) is 0 Å². The molecule has 3 aromatic carbocycles. The average Bonchev–Trinajstić information content (AvgIpc) is 3.22. The summed E-state index contributed by atoms with van der Waals surface area (Å²) in [6.45, 7) is -1.74. The number of benzene rings is 3. The van der Waals surface area contributed by atoms with Gasteiger partial charge in [0.25, 0.3) is 0 Å². The minimum absolute atomic E-state index is 0. The van der Waals surface area contributed by atoms with E-state index >= 15 is 0 Å². The summed E-state index contributed by atoms with van der Waals surface area (Å²) < 4.78 is 45.3. The van der Waals surface area contributed by atoms with E-state index in [-0.39, 0.29) is 75.2 Å². The number of hydrogen-bond donors (Lipinski definition) is 0. The Bertz CT molecular complexity index is 1380. The summed E-state index contributed by atoms with van der Waals surface area (Å²) in [6, 6.07) is 19.4. The van der Waals surface area contributed by atoms with Crippen molar-refractivity contribution in [2.45, 2.75) is 19.2 Å². The van der Waals surface area contributed by atoms with Crippen LogP contribution < -0.4 is 56.3 Å². The molecular formula is C27H26BF3KN5O2. The maximum Gasteiger partial charge on any atom is 1.00 e. The second kappa shape index (κ2) is 12.4. The van der Waals surface area contributed by atoms with Gasteiger partial charge < -0.3 is 27.5 Å². The van der Waals surface area contributed by atoms with Crippen molar-refractivity contribution in [2.24, 2.45) is 5.11 Å². The fourth-order valence-corrected chi connectivity index (χ4v) is 5.37. The Balaban J connectivity index is 0.00000353. The number of carbonyl (C=O) groups is 1. The van der Waals surface area contributed by atoms with Crippen molar-refractivity contribution < 1.29 is 73.9 Å². The van der Waals surface area contributed by atoms with E-state index in [1.165, 1.54) is 13.0 Å². The SMILES string of the molecule is Cc1c(C[B-](F)(F)F)cc(N2CCN(C(=O)OCC3c4ccccc4-c4ccccc43)CC2)cc1N=[N+]=[N-].[K+]. The van der Waals surface area contributed by atoms with Gasteiger partial charge in [-0.15, -0.1) is 0 Å². The number of azide groups is 1. The minimum Gasteiger partial charge on any atom is -0.449 e. The molecule has 0 bridgehead atoms. The molecule has 0 radical (unpaired) electrons. The summed E-state index contributed by atoms with van der Waals surface area (Å²) in [6.07, 6.45) is -1.46. The standard InChI is InChI=1S/C27H26BF3N5O2.K/c1-18-19(16-28(29,30)31)14-20(15-26(18)33-34-32)35-10-12-36(13-11-35)27(37)38-17-25-23-8-4-2-6-21(23)22-7-3-5-9-24(22)25;/h2-9,14-15,25H,10-13,16-17H2,1H3;/q-1;+1. The molecule has 5 rings (SSSR count). The first-order chi connectivity index (χ1) is 18.2. The average molecular weight is 559 g/mol. The molecule has 1 saturated heterocycles. The molecule has 0 aromatic heterocycles. The van der Waals surface area contributed by atoms with Crippen LogP contribution in [0.3, 0.4) is 0 Å². The van der Waals surface area contributed by atoms with Crippen molar-refractivity contribution in [1.82, 2.24) is 4.90 Å². The molecule has 1 fully saturated rings. The first kappa shape index (κ1) is 29.5. The van der Waals surface area contributed by atoms with Gasteiger partial charge in [-0.1, -0.05) is 65.5 Å². The Kier molecular flexibility index (Phi) is 9.36. The van der Waals surface area contributed by atoms with E-state index in [4.69, 9.17) is 10.3 Å². The molecule has 1 aliphatic carbocycles. The van der Waals surface area contributed by atoms with Crippen LogP contribution >= 0.6 is 0 Å². The van der Waals surface area contributed by atoms with Gasteiger partial charge in [-0.05, 0) is 52.4 Å².